The molecule has 0 saturated carbocycles. The molecule has 9 atom stereocenters. The highest BCUT2D eigenvalue weighted by atomic mass is 16.7. The molecule has 8 rings (SSSR count). The van der Waals surface area contributed by atoms with E-state index in [-0.39, 0.29) is 30.8 Å². The van der Waals surface area contributed by atoms with Crippen LogP contribution in [0.1, 0.15) is 30.1 Å². The molecular formula is C35H36N2O13. The molecule has 15 heteroatoms. The first kappa shape index (κ1) is 32.4. The van der Waals surface area contributed by atoms with Gasteiger partial charge in [-0.25, -0.2) is 4.79 Å². The molecule has 5 aliphatic rings. The lowest BCUT2D eigenvalue weighted by Gasteiger charge is -2.57. The summed E-state index contributed by atoms with van der Waals surface area (Å²) < 4.78 is 37.2. The Morgan fingerprint density at radius 2 is 1.96 bits per heavy atom. The Balaban J connectivity index is 1.23. The van der Waals surface area contributed by atoms with Gasteiger partial charge in [-0.3, -0.25) is 5.32 Å². The second kappa shape index (κ2) is 11.7. The predicted octanol–water partition coefficient (Wildman–Crippen LogP) is 1.36. The van der Waals surface area contributed by atoms with E-state index in [0.29, 0.717) is 51.9 Å². The molecular weight excluding hydrogens is 656 g/mol. The van der Waals surface area contributed by atoms with Crippen LogP contribution in [-0.2, 0) is 9.53 Å². The van der Waals surface area contributed by atoms with Crippen molar-refractivity contribution in [1.29, 1.82) is 0 Å². The van der Waals surface area contributed by atoms with Crippen LogP contribution in [0.15, 0.2) is 54.6 Å². The number of aromatic hydroxyl groups is 1. The molecule has 264 valence electrons. The molecule has 2 bridgehead atoms. The van der Waals surface area contributed by atoms with Gasteiger partial charge in [-0.2, -0.15) is 0 Å². The Hall–Kier alpha value is -4.77. The van der Waals surface area contributed by atoms with Crippen molar-refractivity contribution in [3.05, 3.63) is 65.7 Å². The third-order valence-electron chi connectivity index (χ3n) is 9.92. The molecule has 0 aliphatic carbocycles. The molecule has 15 nitrogen and oxygen atoms in total. The van der Waals surface area contributed by atoms with Crippen molar-refractivity contribution >= 4 is 11.7 Å². The maximum absolute atomic E-state index is 12.4. The lowest BCUT2D eigenvalue weighted by molar-refractivity contribution is -0.356. The number of hydrogen-bond donors (Lipinski definition) is 8. The molecule has 3 aromatic carbocycles. The number of phenols is 1. The highest BCUT2D eigenvalue weighted by Gasteiger charge is 2.70. The number of ether oxygens (including phenoxy) is 6. The molecule has 0 amide bonds. The number of rotatable bonds is 8. The van der Waals surface area contributed by atoms with Crippen LogP contribution in [0.4, 0.5) is 5.69 Å². The molecule has 1 spiro atoms. The van der Waals surface area contributed by atoms with E-state index in [1.54, 1.807) is 37.3 Å². The largest absolute Gasteiger partial charge is 0.508 e. The van der Waals surface area contributed by atoms with E-state index in [0.717, 1.165) is 11.6 Å². The standard InChI is InChI=1S/C35H36N2O13/c1-15(38)12-36-14-47-21-7-6-18-20-13-46-30-24(27(20)48-28(18)29(21)45-2)19(16-4-3-5-17(39)10-16)11-22-25(30)37-23-8-9-34(33(43)44)31(41)26(40)32(42)35(23,49-22)50-34/h3-11,15,20,23,26-27,31-32,36-42H,12-14H2,1-2H3,(H,43,44)/t15-,20-,23+,26-,27+,31-,32+,34-,35+/m0/s1. The number of aliphatic hydroxyl groups excluding tert-OH is 4. The minimum absolute atomic E-state index is 0.00459. The van der Waals surface area contributed by atoms with Crippen molar-refractivity contribution in [1.82, 2.24) is 5.32 Å². The van der Waals surface area contributed by atoms with Crippen LogP contribution in [0, 0.1) is 0 Å². The monoisotopic (exact) mass is 692 g/mol. The van der Waals surface area contributed by atoms with E-state index in [4.69, 9.17) is 28.4 Å². The van der Waals surface area contributed by atoms with Crippen molar-refractivity contribution in [3.8, 4) is 45.6 Å². The van der Waals surface area contributed by atoms with Gasteiger partial charge in [-0.05, 0) is 48.4 Å². The van der Waals surface area contributed by atoms with Gasteiger partial charge in [0.25, 0.3) is 5.79 Å². The maximum Gasteiger partial charge on any atom is 0.343 e. The molecule has 1 fully saturated rings. The number of carboxylic acid groups (broad SMARTS) is 1. The SMILES string of the molecule is COc1c(OCNC[C@H](C)O)ccc2c1O[C@H]1c3c(-c4cccc(O)c4)cc4c(c3OC[C@@H]21)N[C@@H]1C=C[C@]2(C(=O)O)O[C@@]1(O4)[C@H](O)[C@@H](O)[C@@H]2O. The van der Waals surface area contributed by atoms with E-state index >= 15 is 0 Å². The molecule has 3 aromatic rings. The first-order chi connectivity index (χ1) is 24.0. The summed E-state index contributed by atoms with van der Waals surface area (Å²) in [6.07, 6.45) is -4.39. The topological polar surface area (TPSA) is 218 Å². The Labute approximate surface area is 285 Å². The van der Waals surface area contributed by atoms with E-state index in [2.05, 4.69) is 10.6 Å². The number of benzene rings is 3. The molecule has 0 unspecified atom stereocenters. The van der Waals surface area contributed by atoms with Crippen molar-refractivity contribution < 1.29 is 63.9 Å². The van der Waals surface area contributed by atoms with E-state index < -0.39 is 53.9 Å². The van der Waals surface area contributed by atoms with Gasteiger partial charge in [0.2, 0.25) is 11.4 Å². The third-order valence-corrected chi connectivity index (χ3v) is 9.92. The number of carbonyl (C=O) groups is 1. The lowest BCUT2D eigenvalue weighted by atomic mass is 9.76. The van der Waals surface area contributed by atoms with E-state index in [9.17, 15) is 35.4 Å². The number of anilines is 1. The van der Waals surface area contributed by atoms with Gasteiger partial charge in [-0.1, -0.05) is 24.3 Å². The Kier molecular flexibility index (Phi) is 7.56. The van der Waals surface area contributed by atoms with Crippen LogP contribution in [-0.4, -0.2) is 105 Å². The van der Waals surface area contributed by atoms with Crippen LogP contribution in [0.25, 0.3) is 11.1 Å². The van der Waals surface area contributed by atoms with Crippen LogP contribution >= 0.6 is 0 Å². The summed E-state index contributed by atoms with van der Waals surface area (Å²) >= 11 is 0. The molecule has 0 radical (unpaired) electrons. The quantitative estimate of drug-likeness (QED) is 0.0950. The zero-order valence-electron chi connectivity index (χ0n) is 26.9. The lowest BCUT2D eigenvalue weighted by Crippen LogP contribution is -2.79. The zero-order chi connectivity index (χ0) is 35.1. The Morgan fingerprint density at radius 1 is 1.14 bits per heavy atom. The van der Waals surface area contributed by atoms with Crippen LogP contribution in [0.2, 0.25) is 0 Å². The second-order valence-electron chi connectivity index (χ2n) is 13.0. The average Bonchev–Trinajstić information content (AvgIpc) is 3.49. The smallest absolute Gasteiger partial charge is 0.343 e. The predicted molar refractivity (Wildman–Crippen MR) is 173 cm³/mol. The summed E-state index contributed by atoms with van der Waals surface area (Å²) in [7, 11) is 1.52. The maximum atomic E-state index is 12.4. The Morgan fingerprint density at radius 3 is 2.70 bits per heavy atom. The van der Waals surface area contributed by atoms with Gasteiger partial charge < -0.3 is 64.4 Å². The van der Waals surface area contributed by atoms with Gasteiger partial charge in [0.05, 0.1) is 25.7 Å². The van der Waals surface area contributed by atoms with Crippen molar-refractivity contribution in [2.24, 2.45) is 0 Å². The number of phenolic OH excluding ortho intramolecular Hbond substituents is 1. The Bertz CT molecular complexity index is 1900. The number of methoxy groups -OCH3 is 1. The number of hydrogen-bond acceptors (Lipinski definition) is 14. The van der Waals surface area contributed by atoms with Gasteiger partial charge in [0.1, 0.15) is 42.5 Å². The first-order valence-corrected chi connectivity index (χ1v) is 16.1. The van der Waals surface area contributed by atoms with Gasteiger partial charge in [0, 0.05) is 17.7 Å². The summed E-state index contributed by atoms with van der Waals surface area (Å²) in [5.41, 5.74) is 0.530. The fourth-order valence-corrected chi connectivity index (χ4v) is 7.54. The summed E-state index contributed by atoms with van der Waals surface area (Å²) in [4.78, 5) is 12.4. The normalized spacial score (nSPS) is 31.6. The molecule has 1 saturated heterocycles. The summed E-state index contributed by atoms with van der Waals surface area (Å²) in [5, 5.41) is 69.2. The minimum Gasteiger partial charge on any atom is -0.508 e. The minimum atomic E-state index is -2.39. The van der Waals surface area contributed by atoms with E-state index in [1.807, 2.05) is 6.07 Å². The number of aliphatic carboxylic acids is 1. The number of aliphatic hydroxyl groups is 4. The van der Waals surface area contributed by atoms with Crippen molar-refractivity contribution in [2.75, 3.05) is 32.3 Å². The second-order valence-corrected chi connectivity index (χ2v) is 13.0. The number of carboxylic acids is 1. The molecule has 50 heavy (non-hydrogen) atoms. The van der Waals surface area contributed by atoms with Crippen LogP contribution in [0.5, 0.6) is 34.5 Å². The van der Waals surface area contributed by atoms with Crippen molar-refractivity contribution in [2.45, 2.75) is 60.8 Å². The first-order valence-electron chi connectivity index (χ1n) is 16.1. The van der Waals surface area contributed by atoms with E-state index in [1.165, 1.54) is 19.3 Å². The molecule has 5 heterocycles. The molecule has 0 aromatic heterocycles. The highest BCUT2D eigenvalue weighted by molar-refractivity contribution is 5.85. The summed E-state index contributed by atoms with van der Waals surface area (Å²) in [5.74, 6) is -2.27. The zero-order valence-corrected chi connectivity index (χ0v) is 26.9. The summed E-state index contributed by atoms with van der Waals surface area (Å²) in [6, 6.07) is 10.8. The van der Waals surface area contributed by atoms with Gasteiger partial charge in [0.15, 0.2) is 29.1 Å². The van der Waals surface area contributed by atoms with Gasteiger partial charge in [-0.15, -0.1) is 0 Å². The van der Waals surface area contributed by atoms with Crippen molar-refractivity contribution in [3.63, 3.8) is 0 Å². The van der Waals surface area contributed by atoms with Crippen LogP contribution in [0.3, 0.4) is 0 Å². The highest BCUT2D eigenvalue weighted by Crippen LogP contribution is 2.62. The van der Waals surface area contributed by atoms with Gasteiger partial charge >= 0.3 is 5.97 Å². The van der Waals surface area contributed by atoms with Crippen LogP contribution < -0.4 is 34.3 Å². The number of fused-ring (bicyclic) bond motifs is 8. The third kappa shape index (κ3) is 4.62. The fraction of sp³-hybridized carbons (Fsp3) is 0.400. The number of nitrogens with one attached hydrogen (secondary N) is 2. The average molecular weight is 693 g/mol. The summed E-state index contributed by atoms with van der Waals surface area (Å²) in [6.45, 7) is 2.31. The fourth-order valence-electron chi connectivity index (χ4n) is 7.54. The molecule has 8 N–H and O–H groups in total. The molecule has 5 aliphatic heterocycles.